The third kappa shape index (κ3) is 3.47. The highest BCUT2D eigenvalue weighted by Crippen LogP contribution is 2.29. The molecule has 1 aliphatic rings. The largest absolute Gasteiger partial charge is 0.455 e. The molecule has 4 rings (SSSR count). The van der Waals surface area contributed by atoms with Crippen molar-refractivity contribution in [2.75, 3.05) is 19.7 Å². The SMILES string of the molecule is Cc1c(-c2ccccc2)oc2c(C(=O)N3CCC(C)C(CO)C3)cccc2c1=O. The number of hydrogen-bond donors (Lipinski definition) is 1. The molecule has 2 heterocycles. The number of para-hydroxylation sites is 1. The van der Waals surface area contributed by atoms with Crippen LogP contribution in [0.3, 0.4) is 0 Å². The molecule has 0 bridgehead atoms. The Kier molecular flexibility index (Phi) is 5.24. The summed E-state index contributed by atoms with van der Waals surface area (Å²) in [7, 11) is 0. The van der Waals surface area contributed by atoms with E-state index in [0.29, 0.717) is 46.9 Å². The van der Waals surface area contributed by atoms with E-state index in [2.05, 4.69) is 6.92 Å². The van der Waals surface area contributed by atoms with E-state index in [1.807, 2.05) is 30.3 Å². The van der Waals surface area contributed by atoms with Crippen molar-refractivity contribution >= 4 is 16.9 Å². The van der Waals surface area contributed by atoms with Gasteiger partial charge in [0.1, 0.15) is 5.76 Å². The van der Waals surface area contributed by atoms with Gasteiger partial charge in [0.25, 0.3) is 5.91 Å². The lowest BCUT2D eigenvalue weighted by atomic mass is 9.87. The monoisotopic (exact) mass is 391 g/mol. The molecule has 0 spiro atoms. The molecule has 2 atom stereocenters. The third-order valence-corrected chi connectivity index (χ3v) is 6.05. The van der Waals surface area contributed by atoms with Crippen molar-refractivity contribution in [3.05, 3.63) is 69.9 Å². The predicted octanol–water partition coefficient (Wildman–Crippen LogP) is 3.86. The molecule has 150 valence electrons. The van der Waals surface area contributed by atoms with Crippen molar-refractivity contribution in [2.24, 2.45) is 11.8 Å². The maximum Gasteiger partial charge on any atom is 0.257 e. The Bertz CT molecular complexity index is 1100. The molecule has 5 heteroatoms. The fraction of sp³-hybridized carbons (Fsp3) is 0.333. The number of piperidine rings is 1. The minimum atomic E-state index is -0.160. The van der Waals surface area contributed by atoms with E-state index in [1.165, 1.54) is 0 Å². The highest BCUT2D eigenvalue weighted by molar-refractivity contribution is 6.05. The Morgan fingerprint density at radius 2 is 1.93 bits per heavy atom. The molecule has 1 N–H and O–H groups in total. The summed E-state index contributed by atoms with van der Waals surface area (Å²) in [6.07, 6.45) is 0.847. The van der Waals surface area contributed by atoms with Crippen LogP contribution in [0.4, 0.5) is 0 Å². The third-order valence-electron chi connectivity index (χ3n) is 6.05. The van der Waals surface area contributed by atoms with E-state index < -0.39 is 0 Å². The summed E-state index contributed by atoms with van der Waals surface area (Å²) >= 11 is 0. The highest BCUT2D eigenvalue weighted by Gasteiger charge is 2.30. The van der Waals surface area contributed by atoms with Gasteiger partial charge in [-0.05, 0) is 31.4 Å². The standard InChI is InChI=1S/C24H25NO4/c1-15-11-12-25(13-18(15)14-26)24(28)20-10-6-9-19-21(27)16(2)22(29-23(19)20)17-7-4-3-5-8-17/h3-10,15,18,26H,11-14H2,1-2H3. The lowest BCUT2D eigenvalue weighted by molar-refractivity contribution is 0.0512. The highest BCUT2D eigenvalue weighted by atomic mass is 16.3. The molecular weight excluding hydrogens is 366 g/mol. The lowest BCUT2D eigenvalue weighted by Crippen LogP contribution is -2.44. The second-order valence-corrected chi connectivity index (χ2v) is 7.89. The number of carbonyl (C=O) groups excluding carboxylic acids is 1. The van der Waals surface area contributed by atoms with E-state index >= 15 is 0 Å². The number of amides is 1. The zero-order valence-corrected chi connectivity index (χ0v) is 16.7. The van der Waals surface area contributed by atoms with Gasteiger partial charge in [0.05, 0.1) is 10.9 Å². The van der Waals surface area contributed by atoms with Gasteiger partial charge in [-0.3, -0.25) is 9.59 Å². The maximum atomic E-state index is 13.3. The molecule has 0 saturated carbocycles. The Hall–Kier alpha value is -2.92. The second kappa shape index (κ2) is 7.84. The molecule has 1 amide bonds. The van der Waals surface area contributed by atoms with Gasteiger partial charge in [-0.1, -0.05) is 43.3 Å². The maximum absolute atomic E-state index is 13.3. The molecule has 1 aliphatic heterocycles. The van der Waals surface area contributed by atoms with Crippen molar-refractivity contribution in [2.45, 2.75) is 20.3 Å². The normalized spacial score (nSPS) is 19.5. The van der Waals surface area contributed by atoms with Crippen LogP contribution >= 0.6 is 0 Å². The van der Waals surface area contributed by atoms with Crippen molar-refractivity contribution < 1.29 is 14.3 Å². The van der Waals surface area contributed by atoms with Crippen molar-refractivity contribution in [3.63, 3.8) is 0 Å². The minimum absolute atomic E-state index is 0.0624. The summed E-state index contributed by atoms with van der Waals surface area (Å²) < 4.78 is 6.18. The van der Waals surface area contributed by atoms with Crippen molar-refractivity contribution in [3.8, 4) is 11.3 Å². The van der Waals surface area contributed by atoms with E-state index in [1.54, 1.807) is 30.0 Å². The van der Waals surface area contributed by atoms with Gasteiger partial charge in [0.2, 0.25) is 0 Å². The van der Waals surface area contributed by atoms with Crippen LogP contribution in [0.5, 0.6) is 0 Å². The fourth-order valence-corrected chi connectivity index (χ4v) is 4.08. The molecule has 2 aromatic carbocycles. The van der Waals surface area contributed by atoms with E-state index in [4.69, 9.17) is 4.42 Å². The van der Waals surface area contributed by atoms with Gasteiger partial charge in [0, 0.05) is 36.7 Å². The number of aliphatic hydroxyl groups is 1. The average molecular weight is 391 g/mol. The van der Waals surface area contributed by atoms with Crippen LogP contribution in [-0.2, 0) is 0 Å². The van der Waals surface area contributed by atoms with Crippen LogP contribution in [0.1, 0.15) is 29.3 Å². The molecule has 1 saturated heterocycles. The second-order valence-electron chi connectivity index (χ2n) is 7.89. The number of likely N-dealkylation sites (tertiary alicyclic amines) is 1. The fourth-order valence-electron chi connectivity index (χ4n) is 4.08. The molecular formula is C24H25NO4. The number of fused-ring (bicyclic) bond motifs is 1. The van der Waals surface area contributed by atoms with Crippen molar-refractivity contribution in [1.82, 2.24) is 4.90 Å². The molecule has 1 aromatic heterocycles. The smallest absolute Gasteiger partial charge is 0.257 e. The molecule has 5 nitrogen and oxygen atoms in total. The van der Waals surface area contributed by atoms with E-state index in [0.717, 1.165) is 12.0 Å². The summed E-state index contributed by atoms with van der Waals surface area (Å²) in [6.45, 7) is 5.06. The average Bonchev–Trinajstić information content (AvgIpc) is 2.76. The number of benzene rings is 2. The van der Waals surface area contributed by atoms with Gasteiger partial charge in [-0.2, -0.15) is 0 Å². The van der Waals surface area contributed by atoms with Gasteiger partial charge < -0.3 is 14.4 Å². The van der Waals surface area contributed by atoms with Crippen LogP contribution in [-0.4, -0.2) is 35.6 Å². The number of rotatable bonds is 3. The minimum Gasteiger partial charge on any atom is -0.455 e. The summed E-state index contributed by atoms with van der Waals surface area (Å²) in [6, 6.07) is 14.6. The number of carbonyl (C=O) groups is 1. The van der Waals surface area contributed by atoms with Gasteiger partial charge in [-0.25, -0.2) is 0 Å². The van der Waals surface area contributed by atoms with Gasteiger partial charge >= 0.3 is 0 Å². The first-order valence-electron chi connectivity index (χ1n) is 10.0. The predicted molar refractivity (Wildman–Crippen MR) is 113 cm³/mol. The number of aliphatic hydroxyl groups excluding tert-OH is 1. The summed E-state index contributed by atoms with van der Waals surface area (Å²) in [5, 5.41) is 10.0. The Morgan fingerprint density at radius 3 is 2.66 bits per heavy atom. The van der Waals surface area contributed by atoms with Crippen LogP contribution in [0.25, 0.3) is 22.3 Å². The van der Waals surface area contributed by atoms with Crippen LogP contribution in [0, 0.1) is 18.8 Å². The van der Waals surface area contributed by atoms with E-state index in [-0.39, 0.29) is 23.9 Å². The Morgan fingerprint density at radius 1 is 1.17 bits per heavy atom. The zero-order chi connectivity index (χ0) is 20.5. The van der Waals surface area contributed by atoms with Crippen LogP contribution in [0.2, 0.25) is 0 Å². The first-order chi connectivity index (χ1) is 14.0. The molecule has 0 aliphatic carbocycles. The van der Waals surface area contributed by atoms with Gasteiger partial charge in [0.15, 0.2) is 11.0 Å². The summed E-state index contributed by atoms with van der Waals surface area (Å²) in [5.41, 5.74) is 1.92. The Balaban J connectivity index is 1.82. The number of nitrogens with zero attached hydrogens (tertiary/aromatic N) is 1. The quantitative estimate of drug-likeness (QED) is 0.736. The first kappa shape index (κ1) is 19.4. The Labute approximate surface area is 169 Å². The van der Waals surface area contributed by atoms with Crippen LogP contribution < -0.4 is 5.43 Å². The van der Waals surface area contributed by atoms with Gasteiger partial charge in [-0.15, -0.1) is 0 Å². The molecule has 1 fully saturated rings. The first-order valence-corrected chi connectivity index (χ1v) is 10.0. The lowest BCUT2D eigenvalue weighted by Gasteiger charge is -2.36. The molecule has 2 unspecified atom stereocenters. The molecule has 3 aromatic rings. The summed E-state index contributed by atoms with van der Waals surface area (Å²) in [4.78, 5) is 28.1. The zero-order valence-electron chi connectivity index (χ0n) is 16.7. The number of hydrogen-bond acceptors (Lipinski definition) is 4. The topological polar surface area (TPSA) is 70.8 Å². The van der Waals surface area contributed by atoms with Crippen molar-refractivity contribution in [1.29, 1.82) is 0 Å². The molecule has 29 heavy (non-hydrogen) atoms. The summed E-state index contributed by atoms with van der Waals surface area (Å²) in [5.74, 6) is 0.773. The van der Waals surface area contributed by atoms with Crippen LogP contribution in [0.15, 0.2) is 57.7 Å². The molecule has 0 radical (unpaired) electrons. The van der Waals surface area contributed by atoms with E-state index in [9.17, 15) is 14.7 Å².